The van der Waals surface area contributed by atoms with E-state index in [9.17, 15) is 18.0 Å². The zero-order valence-electron chi connectivity index (χ0n) is 17.0. The maximum atomic E-state index is 12.9. The van der Waals surface area contributed by atoms with Crippen molar-refractivity contribution in [2.24, 2.45) is 0 Å². The first kappa shape index (κ1) is 20.9. The predicted octanol–water partition coefficient (Wildman–Crippen LogP) is 5.15. The van der Waals surface area contributed by atoms with Crippen LogP contribution in [0.2, 0.25) is 0 Å². The number of pyridine rings is 1. The fourth-order valence-electron chi connectivity index (χ4n) is 3.78. The molecule has 1 aliphatic heterocycles. The van der Waals surface area contributed by atoms with E-state index in [-0.39, 0.29) is 5.91 Å². The lowest BCUT2D eigenvalue weighted by molar-refractivity contribution is -0.137. The molecule has 0 bridgehead atoms. The molecule has 0 saturated heterocycles. The van der Waals surface area contributed by atoms with Gasteiger partial charge in [-0.25, -0.2) is 4.98 Å². The highest BCUT2D eigenvalue weighted by Crippen LogP contribution is 2.32. The predicted molar refractivity (Wildman–Crippen MR) is 113 cm³/mol. The molecule has 2 heterocycles. The van der Waals surface area contributed by atoms with Crippen molar-refractivity contribution in [2.45, 2.75) is 32.1 Å². The molecule has 1 aliphatic rings. The van der Waals surface area contributed by atoms with Gasteiger partial charge < -0.3 is 10.2 Å². The topological polar surface area (TPSA) is 45.2 Å². The standard InChI is InChI=1S/C24H22F3N3O/c1-16(29-22-4-2-3-12-28-22)23(31)30-13-11-19-14-18(5-6-20(19)15-30)17-7-9-21(10-8-17)24(25,26)27/h2-10,12,14,16H,11,13,15H2,1H3,(H,28,29)/t16-/m0/s1. The zero-order valence-corrected chi connectivity index (χ0v) is 17.0. The molecule has 0 spiro atoms. The van der Waals surface area contributed by atoms with E-state index in [1.807, 2.05) is 48.2 Å². The number of carbonyl (C=O) groups is 1. The number of amides is 1. The normalized spacial score (nSPS) is 14.6. The van der Waals surface area contributed by atoms with Gasteiger partial charge in [0, 0.05) is 19.3 Å². The van der Waals surface area contributed by atoms with E-state index < -0.39 is 17.8 Å². The quantitative estimate of drug-likeness (QED) is 0.629. The molecule has 3 aromatic rings. The number of alkyl halides is 3. The second-order valence-electron chi connectivity index (χ2n) is 7.65. The first-order chi connectivity index (χ1) is 14.8. The van der Waals surface area contributed by atoms with Crippen LogP contribution in [-0.4, -0.2) is 28.4 Å². The summed E-state index contributed by atoms with van der Waals surface area (Å²) in [6.45, 7) is 2.92. The Morgan fingerprint density at radius 2 is 1.77 bits per heavy atom. The average molecular weight is 425 g/mol. The highest BCUT2D eigenvalue weighted by atomic mass is 19.4. The highest BCUT2D eigenvalue weighted by Gasteiger charge is 2.30. The van der Waals surface area contributed by atoms with Crippen molar-refractivity contribution >= 4 is 11.7 Å². The number of nitrogens with one attached hydrogen (secondary N) is 1. The van der Waals surface area contributed by atoms with Crippen LogP contribution in [0.15, 0.2) is 66.9 Å². The molecule has 7 heteroatoms. The third-order valence-electron chi connectivity index (χ3n) is 5.48. The van der Waals surface area contributed by atoms with Crippen molar-refractivity contribution in [3.05, 3.63) is 83.6 Å². The van der Waals surface area contributed by atoms with Crippen molar-refractivity contribution in [3.8, 4) is 11.1 Å². The van der Waals surface area contributed by atoms with Crippen molar-refractivity contribution in [1.82, 2.24) is 9.88 Å². The molecule has 1 aromatic heterocycles. The van der Waals surface area contributed by atoms with Crippen LogP contribution in [0.5, 0.6) is 0 Å². The Kier molecular flexibility index (Phi) is 5.67. The molecule has 160 valence electrons. The van der Waals surface area contributed by atoms with E-state index in [4.69, 9.17) is 0 Å². The molecule has 1 amide bonds. The zero-order chi connectivity index (χ0) is 22.0. The Morgan fingerprint density at radius 1 is 1.03 bits per heavy atom. The van der Waals surface area contributed by atoms with Crippen LogP contribution >= 0.6 is 0 Å². The van der Waals surface area contributed by atoms with Crippen molar-refractivity contribution in [1.29, 1.82) is 0 Å². The number of halogens is 3. The molecule has 0 fully saturated rings. The Hall–Kier alpha value is -3.35. The second kappa shape index (κ2) is 8.41. The third-order valence-corrected chi connectivity index (χ3v) is 5.48. The van der Waals surface area contributed by atoms with Crippen LogP contribution in [0.3, 0.4) is 0 Å². The van der Waals surface area contributed by atoms with Crippen LogP contribution in [0.1, 0.15) is 23.6 Å². The van der Waals surface area contributed by atoms with Crippen molar-refractivity contribution in [2.75, 3.05) is 11.9 Å². The number of carbonyl (C=O) groups excluding carboxylic acids is 1. The van der Waals surface area contributed by atoms with Gasteiger partial charge in [0.15, 0.2) is 0 Å². The summed E-state index contributed by atoms with van der Waals surface area (Å²) in [5.41, 5.74) is 3.13. The number of nitrogens with zero attached hydrogens (tertiary/aromatic N) is 2. The Balaban J connectivity index is 1.45. The minimum atomic E-state index is -4.34. The van der Waals surface area contributed by atoms with Gasteiger partial charge in [-0.1, -0.05) is 36.4 Å². The molecule has 31 heavy (non-hydrogen) atoms. The second-order valence-corrected chi connectivity index (χ2v) is 7.65. The smallest absolute Gasteiger partial charge is 0.359 e. The average Bonchev–Trinajstić information content (AvgIpc) is 2.78. The highest BCUT2D eigenvalue weighted by molar-refractivity contribution is 5.84. The van der Waals surface area contributed by atoms with Crippen LogP contribution in [0.25, 0.3) is 11.1 Å². The lowest BCUT2D eigenvalue weighted by atomic mass is 9.94. The van der Waals surface area contributed by atoms with Gasteiger partial charge in [-0.15, -0.1) is 0 Å². The number of benzene rings is 2. The number of anilines is 1. The molecule has 1 N–H and O–H groups in total. The molecule has 4 rings (SSSR count). The largest absolute Gasteiger partial charge is 0.416 e. The van der Waals surface area contributed by atoms with Gasteiger partial charge in [0.25, 0.3) is 0 Å². The molecule has 2 aromatic carbocycles. The van der Waals surface area contributed by atoms with E-state index in [1.165, 1.54) is 12.1 Å². The van der Waals surface area contributed by atoms with Crippen molar-refractivity contribution in [3.63, 3.8) is 0 Å². The first-order valence-electron chi connectivity index (χ1n) is 10.1. The lowest BCUT2D eigenvalue weighted by Crippen LogP contribution is -2.43. The van der Waals surface area contributed by atoms with Gasteiger partial charge in [-0.3, -0.25) is 4.79 Å². The molecular weight excluding hydrogens is 403 g/mol. The molecule has 0 aliphatic carbocycles. The maximum absolute atomic E-state index is 12.9. The number of fused-ring (bicyclic) bond motifs is 1. The van der Waals surface area contributed by atoms with Gasteiger partial charge in [-0.05, 0) is 59.9 Å². The lowest BCUT2D eigenvalue weighted by Gasteiger charge is -2.31. The molecule has 0 radical (unpaired) electrons. The van der Waals surface area contributed by atoms with Gasteiger partial charge in [0.2, 0.25) is 5.91 Å². The van der Waals surface area contributed by atoms with Gasteiger partial charge in [0.05, 0.1) is 5.56 Å². The van der Waals surface area contributed by atoms with Crippen LogP contribution < -0.4 is 5.32 Å². The Labute approximate surface area is 178 Å². The Morgan fingerprint density at radius 3 is 2.45 bits per heavy atom. The number of rotatable bonds is 4. The number of hydrogen-bond acceptors (Lipinski definition) is 3. The molecular formula is C24H22F3N3O. The molecule has 4 nitrogen and oxygen atoms in total. The minimum Gasteiger partial charge on any atom is -0.359 e. The summed E-state index contributed by atoms with van der Waals surface area (Å²) in [6, 6.07) is 16.1. The Bertz CT molecular complexity index is 1070. The van der Waals surface area contributed by atoms with Gasteiger partial charge >= 0.3 is 6.18 Å². The number of aromatic nitrogens is 1. The monoisotopic (exact) mass is 425 g/mol. The summed E-state index contributed by atoms with van der Waals surface area (Å²) in [5.74, 6) is 0.657. The van der Waals surface area contributed by atoms with E-state index in [0.29, 0.717) is 25.3 Å². The summed E-state index contributed by atoms with van der Waals surface area (Å²) < 4.78 is 38.4. The molecule has 0 unspecified atom stereocenters. The minimum absolute atomic E-state index is 0.00289. The van der Waals surface area contributed by atoms with Crippen LogP contribution in [0.4, 0.5) is 19.0 Å². The van der Waals surface area contributed by atoms with E-state index in [1.54, 1.807) is 6.20 Å². The fraction of sp³-hybridized carbons (Fsp3) is 0.250. The summed E-state index contributed by atoms with van der Waals surface area (Å²) in [5, 5.41) is 3.13. The van der Waals surface area contributed by atoms with Gasteiger partial charge in [0.1, 0.15) is 11.9 Å². The van der Waals surface area contributed by atoms with Gasteiger partial charge in [-0.2, -0.15) is 13.2 Å². The molecule has 1 atom stereocenters. The van der Waals surface area contributed by atoms with Crippen LogP contribution in [-0.2, 0) is 23.9 Å². The fourth-order valence-corrected chi connectivity index (χ4v) is 3.78. The summed E-state index contributed by atoms with van der Waals surface area (Å²) >= 11 is 0. The first-order valence-corrected chi connectivity index (χ1v) is 10.1. The summed E-state index contributed by atoms with van der Waals surface area (Å²) in [4.78, 5) is 18.9. The van der Waals surface area contributed by atoms with Crippen molar-refractivity contribution < 1.29 is 18.0 Å². The number of hydrogen-bond donors (Lipinski definition) is 1. The van der Waals surface area contributed by atoms with E-state index in [2.05, 4.69) is 10.3 Å². The third kappa shape index (κ3) is 4.71. The summed E-state index contributed by atoms with van der Waals surface area (Å²) in [7, 11) is 0. The maximum Gasteiger partial charge on any atom is 0.416 e. The van der Waals surface area contributed by atoms with E-state index in [0.717, 1.165) is 34.4 Å². The van der Waals surface area contributed by atoms with E-state index >= 15 is 0 Å². The molecule has 0 saturated carbocycles. The van der Waals surface area contributed by atoms with Crippen LogP contribution in [0, 0.1) is 0 Å². The summed E-state index contributed by atoms with van der Waals surface area (Å²) in [6.07, 6.45) is -1.97. The SMILES string of the molecule is C[C@H](Nc1ccccn1)C(=O)N1CCc2cc(-c3ccc(C(F)(F)F)cc3)ccc2C1.